The van der Waals surface area contributed by atoms with E-state index in [1.807, 2.05) is 32.1 Å². The molecule has 0 unspecified atom stereocenters. The molecule has 3 aromatic heterocycles. The molecule has 0 saturated heterocycles. The molecule has 1 aromatic carbocycles. The van der Waals surface area contributed by atoms with Crippen molar-refractivity contribution in [3.05, 3.63) is 87.2 Å². The molecule has 0 bridgehead atoms. The van der Waals surface area contributed by atoms with Crippen LogP contribution in [0.3, 0.4) is 0 Å². The molecule has 0 atom stereocenters. The second-order valence-electron chi connectivity index (χ2n) is 8.61. The van der Waals surface area contributed by atoms with Gasteiger partial charge in [-0.2, -0.15) is 0 Å². The van der Waals surface area contributed by atoms with Gasteiger partial charge < -0.3 is 9.26 Å². The van der Waals surface area contributed by atoms with E-state index in [2.05, 4.69) is 25.1 Å². The predicted octanol–water partition coefficient (Wildman–Crippen LogP) is 3.37. The number of ketones is 1. The molecule has 1 aliphatic rings. The first kappa shape index (κ1) is 23.3. The highest BCUT2D eigenvalue weighted by Crippen LogP contribution is 2.26. The van der Waals surface area contributed by atoms with Crippen molar-refractivity contribution >= 4 is 22.7 Å². The van der Waals surface area contributed by atoms with Crippen LogP contribution in [-0.4, -0.2) is 43.3 Å². The minimum atomic E-state index is -0.333. The molecule has 0 aliphatic carbocycles. The molecular weight excluding hydrogens is 460 g/mol. The molecule has 0 fully saturated rings. The van der Waals surface area contributed by atoms with Gasteiger partial charge in [-0.05, 0) is 31.0 Å². The van der Waals surface area contributed by atoms with Gasteiger partial charge in [0.15, 0.2) is 11.4 Å². The Hall–Kier alpha value is -4.47. The summed E-state index contributed by atoms with van der Waals surface area (Å²) in [5, 5.41) is 4.04. The number of carbonyl (C=O) groups is 1. The minimum absolute atomic E-state index is 0.136. The number of methoxy groups -OCH3 is 1. The predicted molar refractivity (Wildman–Crippen MR) is 133 cm³/mol. The Balaban J connectivity index is 1.42. The fraction of sp³-hybridized carbons (Fsp3) is 0.269. The largest absolute Gasteiger partial charge is 0.496 e. The topological polar surface area (TPSA) is 125 Å². The molecule has 10 heteroatoms. The van der Waals surface area contributed by atoms with E-state index in [4.69, 9.17) is 9.26 Å². The van der Waals surface area contributed by atoms with Gasteiger partial charge in [0.25, 0.3) is 5.56 Å². The molecule has 0 radical (unpaired) electrons. The van der Waals surface area contributed by atoms with Crippen molar-refractivity contribution in [2.45, 2.75) is 39.7 Å². The summed E-state index contributed by atoms with van der Waals surface area (Å²) in [6, 6.07) is 5.75. The molecule has 4 aromatic rings. The van der Waals surface area contributed by atoms with Crippen LogP contribution in [0.2, 0.25) is 0 Å². The molecular formula is C26H24N6O4. The third-order valence-electron chi connectivity index (χ3n) is 6.11. The van der Waals surface area contributed by atoms with Crippen molar-refractivity contribution in [1.82, 2.24) is 24.7 Å². The van der Waals surface area contributed by atoms with E-state index in [1.54, 1.807) is 19.4 Å². The summed E-state index contributed by atoms with van der Waals surface area (Å²) in [5.74, 6) is 1.03. The SMILES string of the molecule is COc1cc(C)cc(C)c1Cn1c(=O)cnc2c(C(=O)CCc3cc(C4=NC=CC4)no3)ncnc21. The smallest absolute Gasteiger partial charge is 0.270 e. The van der Waals surface area contributed by atoms with Crippen LogP contribution in [-0.2, 0) is 13.0 Å². The molecule has 36 heavy (non-hydrogen) atoms. The van der Waals surface area contributed by atoms with Crippen LogP contribution in [0.1, 0.15) is 51.5 Å². The number of fused-ring (bicyclic) bond motifs is 1. The normalized spacial score (nSPS) is 12.8. The zero-order chi connectivity index (χ0) is 25.2. The minimum Gasteiger partial charge on any atom is -0.496 e. The highest BCUT2D eigenvalue weighted by Gasteiger charge is 2.20. The fourth-order valence-electron chi connectivity index (χ4n) is 4.29. The highest BCUT2D eigenvalue weighted by atomic mass is 16.5. The van der Waals surface area contributed by atoms with Crippen molar-refractivity contribution in [3.63, 3.8) is 0 Å². The van der Waals surface area contributed by atoms with E-state index >= 15 is 0 Å². The highest BCUT2D eigenvalue weighted by molar-refractivity contribution is 6.03. The van der Waals surface area contributed by atoms with Crippen molar-refractivity contribution in [2.24, 2.45) is 4.99 Å². The Kier molecular flexibility index (Phi) is 6.24. The zero-order valence-electron chi connectivity index (χ0n) is 20.2. The van der Waals surface area contributed by atoms with Gasteiger partial charge in [-0.3, -0.25) is 19.1 Å². The van der Waals surface area contributed by atoms with Crippen LogP contribution in [0, 0.1) is 13.8 Å². The second kappa shape index (κ2) is 9.65. The van der Waals surface area contributed by atoms with Crippen molar-refractivity contribution < 1.29 is 14.1 Å². The number of allylic oxidation sites excluding steroid dienone is 1. The number of nitrogens with zero attached hydrogens (tertiary/aromatic N) is 6. The fourth-order valence-corrected chi connectivity index (χ4v) is 4.29. The Morgan fingerprint density at radius 3 is 2.81 bits per heavy atom. The Bertz CT molecular complexity index is 1600. The van der Waals surface area contributed by atoms with Gasteiger partial charge in [-0.1, -0.05) is 17.3 Å². The van der Waals surface area contributed by atoms with E-state index in [9.17, 15) is 9.59 Å². The second-order valence-corrected chi connectivity index (χ2v) is 8.61. The Morgan fingerprint density at radius 2 is 2.03 bits per heavy atom. The van der Waals surface area contributed by atoms with Crippen molar-refractivity contribution in [1.29, 1.82) is 0 Å². The Morgan fingerprint density at radius 1 is 1.17 bits per heavy atom. The molecule has 0 amide bonds. The van der Waals surface area contributed by atoms with E-state index < -0.39 is 0 Å². The van der Waals surface area contributed by atoms with Gasteiger partial charge in [0.2, 0.25) is 0 Å². The average Bonchev–Trinajstić information content (AvgIpc) is 3.57. The molecule has 5 rings (SSSR count). The number of benzene rings is 1. The van der Waals surface area contributed by atoms with E-state index in [-0.39, 0.29) is 41.2 Å². The summed E-state index contributed by atoms with van der Waals surface area (Å²) in [7, 11) is 1.60. The van der Waals surface area contributed by atoms with Crippen LogP contribution in [0.5, 0.6) is 5.75 Å². The average molecular weight is 485 g/mol. The number of aryl methyl sites for hydroxylation is 3. The van der Waals surface area contributed by atoms with Crippen LogP contribution < -0.4 is 10.3 Å². The summed E-state index contributed by atoms with van der Waals surface area (Å²) >= 11 is 0. The van der Waals surface area contributed by atoms with Crippen LogP contribution in [0.25, 0.3) is 11.2 Å². The molecule has 1 aliphatic heterocycles. The first-order valence-corrected chi connectivity index (χ1v) is 11.5. The number of aliphatic imine (C=N–C) groups is 1. The summed E-state index contributed by atoms with van der Waals surface area (Å²) in [5.41, 5.74) is 4.79. The maximum atomic E-state index is 13.1. The maximum Gasteiger partial charge on any atom is 0.270 e. The van der Waals surface area contributed by atoms with Gasteiger partial charge >= 0.3 is 0 Å². The van der Waals surface area contributed by atoms with Crippen LogP contribution >= 0.6 is 0 Å². The number of rotatable bonds is 8. The Labute approximate surface area is 206 Å². The quantitative estimate of drug-likeness (QED) is 0.349. The van der Waals surface area contributed by atoms with Crippen molar-refractivity contribution in [3.8, 4) is 5.75 Å². The third-order valence-corrected chi connectivity index (χ3v) is 6.11. The lowest BCUT2D eigenvalue weighted by Gasteiger charge is -2.15. The molecule has 182 valence electrons. The number of carbonyl (C=O) groups excluding carboxylic acids is 1. The number of aromatic nitrogens is 5. The summed E-state index contributed by atoms with van der Waals surface area (Å²) in [4.78, 5) is 42.9. The summed E-state index contributed by atoms with van der Waals surface area (Å²) in [6.07, 6.45) is 7.34. The number of Topliss-reactive ketones (excluding diaryl/α,β-unsaturated/α-hetero) is 1. The lowest BCUT2D eigenvalue weighted by Crippen LogP contribution is -2.23. The number of hydrogen-bond donors (Lipinski definition) is 0. The lowest BCUT2D eigenvalue weighted by molar-refractivity contribution is 0.0977. The molecule has 10 nitrogen and oxygen atoms in total. The molecule has 4 heterocycles. The van der Waals surface area contributed by atoms with Crippen LogP contribution in [0.15, 0.2) is 57.3 Å². The summed E-state index contributed by atoms with van der Waals surface area (Å²) < 4.78 is 12.4. The van der Waals surface area contributed by atoms with Gasteiger partial charge in [0, 0.05) is 37.1 Å². The lowest BCUT2D eigenvalue weighted by atomic mass is 10.0. The molecule has 0 spiro atoms. The first-order valence-electron chi connectivity index (χ1n) is 11.5. The monoisotopic (exact) mass is 484 g/mol. The zero-order valence-corrected chi connectivity index (χ0v) is 20.2. The maximum absolute atomic E-state index is 13.1. The van der Waals surface area contributed by atoms with Gasteiger partial charge in [0.05, 0.1) is 25.6 Å². The third kappa shape index (κ3) is 4.45. The summed E-state index contributed by atoms with van der Waals surface area (Å²) in [6.45, 7) is 4.17. The van der Waals surface area contributed by atoms with E-state index in [0.717, 1.165) is 22.4 Å². The van der Waals surface area contributed by atoms with Gasteiger partial charge in [-0.15, -0.1) is 0 Å². The van der Waals surface area contributed by atoms with Crippen molar-refractivity contribution in [2.75, 3.05) is 7.11 Å². The van der Waals surface area contributed by atoms with E-state index in [0.29, 0.717) is 30.0 Å². The standard InChI is InChI=1S/C26H24N6O4/c1-15-9-16(2)18(22(10-15)35-3)13-32-23(34)12-28-25-24(29-14-30-26(25)32)21(33)7-6-17-11-20(31-36-17)19-5-4-8-27-19/h4,8-12,14H,5-7,13H2,1-3H3. The van der Waals surface area contributed by atoms with Gasteiger partial charge in [0.1, 0.15) is 34.7 Å². The molecule has 0 N–H and O–H groups in total. The first-order chi connectivity index (χ1) is 17.4. The number of hydrogen-bond acceptors (Lipinski definition) is 9. The molecule has 0 saturated carbocycles. The van der Waals surface area contributed by atoms with Crippen LogP contribution in [0.4, 0.5) is 0 Å². The van der Waals surface area contributed by atoms with E-state index in [1.165, 1.54) is 17.1 Å². The van der Waals surface area contributed by atoms with Gasteiger partial charge in [-0.25, -0.2) is 15.0 Å². The number of ether oxygens (including phenoxy) is 1.